The highest BCUT2D eigenvalue weighted by atomic mass is 31.0. The molecule has 1 aliphatic rings. The second kappa shape index (κ2) is 9.12. The van der Waals surface area contributed by atoms with Crippen LogP contribution in [0.4, 0.5) is 8.78 Å². The fourth-order valence-electron chi connectivity index (χ4n) is 3.83. The third-order valence-electron chi connectivity index (χ3n) is 5.42. The molecule has 3 heterocycles. The number of methoxy groups -OCH3 is 1. The molecule has 4 rings (SSSR count). The third kappa shape index (κ3) is 4.31. The van der Waals surface area contributed by atoms with E-state index in [2.05, 4.69) is 24.7 Å². The number of fused-ring (bicyclic) bond motifs is 1. The second-order valence-electron chi connectivity index (χ2n) is 7.39. The molecule has 3 aromatic rings. The van der Waals surface area contributed by atoms with Gasteiger partial charge in [-0.3, -0.25) is 4.99 Å². The van der Waals surface area contributed by atoms with Crippen LogP contribution in [0.3, 0.4) is 0 Å². The summed E-state index contributed by atoms with van der Waals surface area (Å²) in [5.41, 5.74) is 8.93. The van der Waals surface area contributed by atoms with Gasteiger partial charge in [0.05, 0.1) is 13.2 Å². The van der Waals surface area contributed by atoms with Crippen molar-refractivity contribution >= 4 is 32.2 Å². The van der Waals surface area contributed by atoms with Gasteiger partial charge in [0.15, 0.2) is 11.6 Å². The number of allylic oxidation sites excluding steroid dienone is 1. The summed E-state index contributed by atoms with van der Waals surface area (Å²) in [6.07, 6.45) is 8.69. The Bertz CT molecular complexity index is 1170. The van der Waals surface area contributed by atoms with Crippen LogP contribution in [0.5, 0.6) is 5.75 Å². The van der Waals surface area contributed by atoms with E-state index in [9.17, 15) is 8.78 Å². The molecule has 1 unspecified atom stereocenters. The first kappa shape index (κ1) is 21.4. The number of nitrogens with zero attached hydrogens (tertiary/aromatic N) is 3. The molecule has 0 saturated carbocycles. The number of ether oxygens (including phenoxy) is 1. The summed E-state index contributed by atoms with van der Waals surface area (Å²) in [5.74, 6) is -1.46. The van der Waals surface area contributed by atoms with Crippen LogP contribution in [0.2, 0.25) is 0 Å². The molecule has 162 valence electrons. The number of aliphatic imine (C=N–C) groups is 1. The van der Waals surface area contributed by atoms with Crippen LogP contribution in [0.1, 0.15) is 18.4 Å². The zero-order chi connectivity index (χ0) is 22.0. The van der Waals surface area contributed by atoms with Gasteiger partial charge < -0.3 is 20.1 Å². The summed E-state index contributed by atoms with van der Waals surface area (Å²) >= 11 is 0. The first-order chi connectivity index (χ1) is 15.0. The quantitative estimate of drug-likeness (QED) is 0.465. The van der Waals surface area contributed by atoms with Gasteiger partial charge in [0.1, 0.15) is 11.5 Å². The Morgan fingerprint density at radius 3 is 2.77 bits per heavy atom. The van der Waals surface area contributed by atoms with E-state index in [1.807, 2.05) is 6.07 Å². The zero-order valence-electron chi connectivity index (χ0n) is 17.1. The van der Waals surface area contributed by atoms with Crippen molar-refractivity contribution < 1.29 is 13.5 Å². The van der Waals surface area contributed by atoms with Gasteiger partial charge in [-0.1, -0.05) is 0 Å². The molecule has 6 nitrogen and oxygen atoms in total. The highest BCUT2D eigenvalue weighted by Gasteiger charge is 2.19. The van der Waals surface area contributed by atoms with Crippen molar-refractivity contribution in [2.45, 2.75) is 18.9 Å². The Morgan fingerprint density at radius 2 is 2.06 bits per heavy atom. The van der Waals surface area contributed by atoms with Crippen LogP contribution >= 0.6 is 9.39 Å². The van der Waals surface area contributed by atoms with Crippen molar-refractivity contribution in [1.29, 1.82) is 0 Å². The summed E-state index contributed by atoms with van der Waals surface area (Å²) in [4.78, 5) is 9.21. The van der Waals surface area contributed by atoms with Crippen molar-refractivity contribution in [3.8, 4) is 16.9 Å². The standard InChI is InChI=1S/C22H24F2N5OP/c1-30-21-17(7-15(23)8-20(21)24)19-12-29(31)22-18(19)6-13(10-28-22)14(9-25)11-27-16-2-4-26-5-3-16/h6-12,16,26H,2-5,25,31H2,1H3/b14-9+,27-11?. The predicted octanol–water partition coefficient (Wildman–Crippen LogP) is 3.75. The molecule has 9 heteroatoms. The molecule has 1 aromatic carbocycles. The Balaban J connectivity index is 1.78. The largest absolute Gasteiger partial charge is 0.493 e. The Kier molecular flexibility index (Phi) is 6.30. The van der Waals surface area contributed by atoms with Gasteiger partial charge in [0, 0.05) is 58.5 Å². The molecule has 3 N–H and O–H groups in total. The van der Waals surface area contributed by atoms with E-state index in [0.717, 1.165) is 43.1 Å². The van der Waals surface area contributed by atoms with Crippen LogP contribution < -0.4 is 15.8 Å². The van der Waals surface area contributed by atoms with Gasteiger partial charge in [-0.05, 0) is 47.5 Å². The number of benzene rings is 1. The van der Waals surface area contributed by atoms with Crippen LogP contribution in [0.25, 0.3) is 27.7 Å². The molecule has 31 heavy (non-hydrogen) atoms. The Morgan fingerprint density at radius 1 is 1.29 bits per heavy atom. The van der Waals surface area contributed by atoms with E-state index in [0.29, 0.717) is 22.2 Å². The normalized spacial score (nSPS) is 15.8. The zero-order valence-corrected chi connectivity index (χ0v) is 18.3. The van der Waals surface area contributed by atoms with E-state index >= 15 is 0 Å². The summed E-state index contributed by atoms with van der Waals surface area (Å²) in [6, 6.07) is 4.22. The minimum absolute atomic E-state index is 0.0219. The molecule has 0 amide bonds. The molecular weight excluding hydrogens is 419 g/mol. The Hall–Kier alpha value is -2.83. The average molecular weight is 443 g/mol. The maximum atomic E-state index is 14.3. The van der Waals surface area contributed by atoms with E-state index < -0.39 is 11.6 Å². The number of hydrogen-bond donors (Lipinski definition) is 2. The lowest BCUT2D eigenvalue weighted by atomic mass is 10.0. The van der Waals surface area contributed by atoms with Crippen molar-refractivity contribution in [3.05, 3.63) is 54.0 Å². The lowest BCUT2D eigenvalue weighted by Crippen LogP contribution is -2.29. The highest BCUT2D eigenvalue weighted by Crippen LogP contribution is 2.39. The number of nitrogens with two attached hydrogens (primary N) is 1. The SMILES string of the molecule is COc1c(F)cc(F)cc1-c1cn(P)c2ncc(/C(C=NC3CCNCC3)=C/N)cc12. The van der Waals surface area contributed by atoms with Crippen molar-refractivity contribution in [3.63, 3.8) is 0 Å². The maximum Gasteiger partial charge on any atom is 0.168 e. The van der Waals surface area contributed by atoms with E-state index in [1.165, 1.54) is 19.4 Å². The first-order valence-corrected chi connectivity index (χ1v) is 10.5. The van der Waals surface area contributed by atoms with Gasteiger partial charge in [-0.15, -0.1) is 0 Å². The monoisotopic (exact) mass is 443 g/mol. The number of pyridine rings is 1. The van der Waals surface area contributed by atoms with E-state index in [4.69, 9.17) is 10.5 Å². The minimum Gasteiger partial charge on any atom is -0.493 e. The van der Waals surface area contributed by atoms with Crippen molar-refractivity contribution in [2.75, 3.05) is 20.2 Å². The topological polar surface area (TPSA) is 77.5 Å². The number of rotatable bonds is 5. The average Bonchev–Trinajstić information content (AvgIpc) is 3.10. The van der Waals surface area contributed by atoms with Crippen LogP contribution in [0.15, 0.2) is 41.8 Å². The van der Waals surface area contributed by atoms with E-state index in [1.54, 1.807) is 22.9 Å². The van der Waals surface area contributed by atoms with Gasteiger partial charge >= 0.3 is 0 Å². The minimum atomic E-state index is -0.761. The molecule has 1 aliphatic heterocycles. The molecule has 1 fully saturated rings. The summed E-state index contributed by atoms with van der Waals surface area (Å²) in [5, 5.41) is 4.03. The Labute approximate surface area is 181 Å². The molecule has 0 radical (unpaired) electrons. The molecule has 2 aromatic heterocycles. The summed E-state index contributed by atoms with van der Waals surface area (Å²) < 4.78 is 35.2. The van der Waals surface area contributed by atoms with Gasteiger partial charge in [-0.2, -0.15) is 0 Å². The lowest BCUT2D eigenvalue weighted by Gasteiger charge is -2.18. The predicted molar refractivity (Wildman–Crippen MR) is 123 cm³/mol. The molecule has 0 aliphatic carbocycles. The first-order valence-electron chi connectivity index (χ1n) is 9.97. The maximum absolute atomic E-state index is 14.3. The number of halogens is 2. The van der Waals surface area contributed by atoms with Crippen molar-refractivity contribution in [1.82, 2.24) is 14.6 Å². The summed E-state index contributed by atoms with van der Waals surface area (Å²) in [7, 11) is 3.89. The smallest absolute Gasteiger partial charge is 0.168 e. The molecule has 1 atom stereocenters. The highest BCUT2D eigenvalue weighted by molar-refractivity contribution is 7.14. The number of piperidine rings is 1. The van der Waals surface area contributed by atoms with Gasteiger partial charge in [0.2, 0.25) is 0 Å². The number of hydrogen-bond acceptors (Lipinski definition) is 5. The fraction of sp³-hybridized carbons (Fsp3) is 0.273. The molecule has 0 bridgehead atoms. The molecular formula is C22H24F2N5OP. The van der Waals surface area contributed by atoms with Crippen molar-refractivity contribution in [2.24, 2.45) is 10.7 Å². The third-order valence-corrected chi connectivity index (χ3v) is 5.81. The number of nitrogens with one attached hydrogen (secondary N) is 1. The summed E-state index contributed by atoms with van der Waals surface area (Å²) in [6.45, 7) is 1.91. The van der Waals surface area contributed by atoms with Crippen LogP contribution in [0, 0.1) is 11.6 Å². The second-order valence-corrected chi connectivity index (χ2v) is 7.95. The fourth-order valence-corrected chi connectivity index (χ4v) is 4.18. The molecule has 0 spiro atoms. The lowest BCUT2D eigenvalue weighted by molar-refractivity contribution is 0.386. The van der Waals surface area contributed by atoms with Gasteiger partial charge in [0.25, 0.3) is 0 Å². The van der Waals surface area contributed by atoms with E-state index in [-0.39, 0.29) is 11.8 Å². The molecule has 1 saturated heterocycles. The van der Waals surface area contributed by atoms with Crippen LogP contribution in [-0.2, 0) is 0 Å². The number of aromatic nitrogens is 2. The van der Waals surface area contributed by atoms with Gasteiger partial charge in [-0.25, -0.2) is 13.8 Å². The van der Waals surface area contributed by atoms with Crippen LogP contribution in [-0.4, -0.2) is 41.8 Å².